The first-order valence-corrected chi connectivity index (χ1v) is 7.56. The van der Waals surface area contributed by atoms with E-state index in [9.17, 15) is 4.79 Å². The number of nitrogens with one attached hydrogen (secondary N) is 1. The van der Waals surface area contributed by atoms with Crippen LogP contribution in [0.5, 0.6) is 0 Å². The zero-order chi connectivity index (χ0) is 15.1. The number of anilines is 1. The van der Waals surface area contributed by atoms with Crippen LogP contribution in [-0.4, -0.2) is 11.9 Å². The van der Waals surface area contributed by atoms with Crippen LogP contribution in [0.25, 0.3) is 0 Å². The molecule has 3 heteroatoms. The van der Waals surface area contributed by atoms with Gasteiger partial charge in [-0.1, -0.05) is 39.3 Å². The summed E-state index contributed by atoms with van der Waals surface area (Å²) in [5, 5.41) is 3.00. The van der Waals surface area contributed by atoms with Gasteiger partial charge in [-0.2, -0.15) is 0 Å². The maximum Gasteiger partial charge on any atom is 0.227 e. The first-order valence-electron chi connectivity index (χ1n) is 7.56. The minimum absolute atomic E-state index is 0.0245. The third kappa shape index (κ3) is 5.74. The van der Waals surface area contributed by atoms with Crippen LogP contribution < -0.4 is 11.1 Å². The van der Waals surface area contributed by atoms with Gasteiger partial charge in [-0.15, -0.1) is 0 Å². The molecule has 20 heavy (non-hydrogen) atoms. The van der Waals surface area contributed by atoms with E-state index in [0.29, 0.717) is 5.92 Å². The van der Waals surface area contributed by atoms with Crippen LogP contribution in [0, 0.1) is 5.92 Å². The van der Waals surface area contributed by atoms with Gasteiger partial charge in [0, 0.05) is 17.6 Å². The SMILES string of the molecule is CC(N)CCCC(C)C(=O)Nc1cccc(C(C)C)c1. The Labute approximate surface area is 122 Å². The number of nitrogens with two attached hydrogens (primary N) is 1. The summed E-state index contributed by atoms with van der Waals surface area (Å²) in [6.45, 7) is 8.28. The monoisotopic (exact) mass is 276 g/mol. The topological polar surface area (TPSA) is 55.1 Å². The molecule has 0 bridgehead atoms. The molecule has 0 aliphatic carbocycles. The van der Waals surface area contributed by atoms with Crippen molar-refractivity contribution in [2.24, 2.45) is 11.7 Å². The molecule has 0 fully saturated rings. The van der Waals surface area contributed by atoms with Gasteiger partial charge in [0.2, 0.25) is 5.91 Å². The molecule has 0 saturated carbocycles. The predicted molar refractivity (Wildman–Crippen MR) is 85.8 cm³/mol. The minimum atomic E-state index is 0.0245. The summed E-state index contributed by atoms with van der Waals surface area (Å²) in [4.78, 5) is 12.1. The molecule has 1 rings (SSSR count). The molecule has 2 atom stereocenters. The lowest BCUT2D eigenvalue weighted by atomic mass is 10.0. The first-order chi connectivity index (χ1) is 9.40. The van der Waals surface area contributed by atoms with Crippen molar-refractivity contribution in [2.75, 3.05) is 5.32 Å². The normalized spacial score (nSPS) is 14.1. The van der Waals surface area contributed by atoms with Gasteiger partial charge in [-0.05, 0) is 43.4 Å². The molecular formula is C17H28N2O. The average molecular weight is 276 g/mol. The second-order valence-electron chi connectivity index (χ2n) is 6.08. The number of rotatable bonds is 7. The van der Waals surface area contributed by atoms with E-state index >= 15 is 0 Å². The van der Waals surface area contributed by atoms with Gasteiger partial charge in [0.15, 0.2) is 0 Å². The van der Waals surface area contributed by atoms with Crippen molar-refractivity contribution in [3.05, 3.63) is 29.8 Å². The van der Waals surface area contributed by atoms with Crippen LogP contribution >= 0.6 is 0 Å². The highest BCUT2D eigenvalue weighted by atomic mass is 16.1. The lowest BCUT2D eigenvalue weighted by Gasteiger charge is -2.14. The summed E-state index contributed by atoms with van der Waals surface area (Å²) in [7, 11) is 0. The van der Waals surface area contributed by atoms with Crippen LogP contribution in [0.2, 0.25) is 0 Å². The Kier molecular flexibility index (Phi) is 6.73. The molecule has 1 aromatic rings. The fraction of sp³-hybridized carbons (Fsp3) is 0.588. The van der Waals surface area contributed by atoms with E-state index in [1.165, 1.54) is 5.56 Å². The lowest BCUT2D eigenvalue weighted by Crippen LogP contribution is -2.21. The molecule has 2 unspecified atom stereocenters. The van der Waals surface area contributed by atoms with E-state index in [4.69, 9.17) is 5.73 Å². The zero-order valence-electron chi connectivity index (χ0n) is 13.1. The number of hydrogen-bond donors (Lipinski definition) is 2. The van der Waals surface area contributed by atoms with Crippen molar-refractivity contribution in [2.45, 2.75) is 58.9 Å². The van der Waals surface area contributed by atoms with E-state index in [1.807, 2.05) is 26.0 Å². The largest absolute Gasteiger partial charge is 0.328 e. The van der Waals surface area contributed by atoms with Crippen molar-refractivity contribution in [3.8, 4) is 0 Å². The Morgan fingerprint density at radius 1 is 1.20 bits per heavy atom. The van der Waals surface area contributed by atoms with Crippen molar-refractivity contribution in [1.29, 1.82) is 0 Å². The number of carbonyl (C=O) groups is 1. The van der Waals surface area contributed by atoms with E-state index in [0.717, 1.165) is 24.9 Å². The second kappa shape index (κ2) is 8.05. The molecule has 0 aliphatic heterocycles. The van der Waals surface area contributed by atoms with Crippen molar-refractivity contribution in [3.63, 3.8) is 0 Å². The van der Waals surface area contributed by atoms with Crippen LogP contribution in [0.1, 0.15) is 58.4 Å². The molecule has 0 radical (unpaired) electrons. The van der Waals surface area contributed by atoms with E-state index < -0.39 is 0 Å². The molecule has 112 valence electrons. The highest BCUT2D eigenvalue weighted by molar-refractivity contribution is 5.92. The Morgan fingerprint density at radius 3 is 2.50 bits per heavy atom. The number of hydrogen-bond acceptors (Lipinski definition) is 2. The standard InChI is InChI=1S/C17H28N2O/c1-12(2)15-9-6-10-16(11-15)19-17(20)13(3)7-5-8-14(4)18/h6,9-14H,5,7-8,18H2,1-4H3,(H,19,20). The molecule has 1 amide bonds. The fourth-order valence-electron chi connectivity index (χ4n) is 2.12. The third-order valence-electron chi connectivity index (χ3n) is 3.57. The molecular weight excluding hydrogens is 248 g/mol. The summed E-state index contributed by atoms with van der Waals surface area (Å²) < 4.78 is 0. The highest BCUT2D eigenvalue weighted by Gasteiger charge is 2.13. The third-order valence-corrected chi connectivity index (χ3v) is 3.57. The summed E-state index contributed by atoms with van der Waals surface area (Å²) in [6, 6.07) is 8.29. The molecule has 0 aliphatic rings. The van der Waals surface area contributed by atoms with Gasteiger partial charge in [0.05, 0.1) is 0 Å². The smallest absolute Gasteiger partial charge is 0.227 e. The van der Waals surface area contributed by atoms with Crippen molar-refractivity contribution < 1.29 is 4.79 Å². The molecule has 3 nitrogen and oxygen atoms in total. The zero-order valence-corrected chi connectivity index (χ0v) is 13.1. The summed E-state index contributed by atoms with van der Waals surface area (Å²) in [5.41, 5.74) is 7.85. The first kappa shape index (κ1) is 16.7. The molecule has 0 saturated heterocycles. The van der Waals surface area contributed by atoms with Gasteiger partial charge < -0.3 is 11.1 Å². The Hall–Kier alpha value is -1.35. The maximum absolute atomic E-state index is 12.1. The minimum Gasteiger partial charge on any atom is -0.328 e. The van der Waals surface area contributed by atoms with Gasteiger partial charge in [0.25, 0.3) is 0 Å². The quantitative estimate of drug-likeness (QED) is 0.793. The lowest BCUT2D eigenvalue weighted by molar-refractivity contribution is -0.119. The molecule has 3 N–H and O–H groups in total. The van der Waals surface area contributed by atoms with E-state index in [-0.39, 0.29) is 17.9 Å². The molecule has 0 aromatic heterocycles. The predicted octanol–water partition coefficient (Wildman–Crippen LogP) is 3.90. The van der Waals surface area contributed by atoms with Gasteiger partial charge in [0.1, 0.15) is 0 Å². The summed E-state index contributed by atoms with van der Waals surface area (Å²) in [5.74, 6) is 0.586. The Morgan fingerprint density at radius 2 is 1.90 bits per heavy atom. The van der Waals surface area contributed by atoms with Crippen LogP contribution in [-0.2, 0) is 4.79 Å². The van der Waals surface area contributed by atoms with Gasteiger partial charge in [-0.25, -0.2) is 0 Å². The summed E-state index contributed by atoms with van der Waals surface area (Å²) in [6.07, 6.45) is 2.86. The second-order valence-corrected chi connectivity index (χ2v) is 6.08. The van der Waals surface area contributed by atoms with Crippen LogP contribution in [0.15, 0.2) is 24.3 Å². The van der Waals surface area contributed by atoms with Crippen molar-refractivity contribution >= 4 is 11.6 Å². The molecule has 0 heterocycles. The number of benzene rings is 1. The van der Waals surface area contributed by atoms with Crippen LogP contribution in [0.4, 0.5) is 5.69 Å². The highest BCUT2D eigenvalue weighted by Crippen LogP contribution is 2.19. The van der Waals surface area contributed by atoms with E-state index in [1.54, 1.807) is 0 Å². The van der Waals surface area contributed by atoms with Crippen LogP contribution in [0.3, 0.4) is 0 Å². The Bertz CT molecular complexity index is 427. The number of amides is 1. The van der Waals surface area contributed by atoms with Gasteiger partial charge in [-0.3, -0.25) is 4.79 Å². The fourth-order valence-corrected chi connectivity index (χ4v) is 2.12. The maximum atomic E-state index is 12.1. The van der Waals surface area contributed by atoms with Gasteiger partial charge >= 0.3 is 0 Å². The molecule has 1 aromatic carbocycles. The summed E-state index contributed by atoms with van der Waals surface area (Å²) >= 11 is 0. The number of carbonyl (C=O) groups excluding carboxylic acids is 1. The van der Waals surface area contributed by atoms with E-state index in [2.05, 4.69) is 31.3 Å². The average Bonchev–Trinajstić information content (AvgIpc) is 2.38. The molecule has 0 spiro atoms. The Balaban J connectivity index is 2.50. The van der Waals surface area contributed by atoms with Crippen molar-refractivity contribution in [1.82, 2.24) is 0 Å².